The molecule has 0 bridgehead atoms. The van der Waals surface area contributed by atoms with Crippen molar-refractivity contribution < 1.29 is 14.3 Å². The van der Waals surface area contributed by atoms with Gasteiger partial charge in [-0.15, -0.1) is 11.8 Å². The maximum absolute atomic E-state index is 13.2. The molecule has 0 aliphatic rings. The predicted octanol–water partition coefficient (Wildman–Crippen LogP) is 4.55. The van der Waals surface area contributed by atoms with Crippen LogP contribution >= 0.6 is 11.8 Å². The molecule has 32 heavy (non-hydrogen) atoms. The molecule has 0 heterocycles. The number of methoxy groups -OCH3 is 1. The third-order valence-electron chi connectivity index (χ3n) is 5.21. The van der Waals surface area contributed by atoms with Crippen molar-refractivity contribution >= 4 is 23.6 Å². The largest absolute Gasteiger partial charge is 0.497 e. The van der Waals surface area contributed by atoms with Crippen molar-refractivity contribution in [3.63, 3.8) is 0 Å². The fourth-order valence-electron chi connectivity index (χ4n) is 3.38. The lowest BCUT2D eigenvalue weighted by Crippen LogP contribution is -2.51. The summed E-state index contributed by atoms with van der Waals surface area (Å²) in [5, 5.41) is 3.01. The Balaban J connectivity index is 2.03. The number of nitrogens with one attached hydrogen (secondary N) is 1. The van der Waals surface area contributed by atoms with Crippen LogP contribution in [0.2, 0.25) is 0 Å². The minimum atomic E-state index is -0.452. The minimum Gasteiger partial charge on any atom is -0.497 e. The van der Waals surface area contributed by atoms with Crippen LogP contribution < -0.4 is 10.1 Å². The van der Waals surface area contributed by atoms with Crippen LogP contribution in [0.25, 0.3) is 0 Å². The summed E-state index contributed by atoms with van der Waals surface area (Å²) in [5.41, 5.74) is 2.30. The van der Waals surface area contributed by atoms with Gasteiger partial charge in [-0.25, -0.2) is 0 Å². The first-order chi connectivity index (χ1) is 15.4. The van der Waals surface area contributed by atoms with Crippen molar-refractivity contribution in [3.8, 4) is 5.75 Å². The number of carbonyl (C=O) groups is 2. The Morgan fingerprint density at radius 3 is 2.31 bits per heavy atom. The van der Waals surface area contributed by atoms with E-state index in [0.29, 0.717) is 31.2 Å². The van der Waals surface area contributed by atoms with E-state index in [4.69, 9.17) is 4.74 Å². The van der Waals surface area contributed by atoms with E-state index in [9.17, 15) is 9.59 Å². The molecule has 2 aromatic carbocycles. The molecule has 1 atom stereocenters. The summed E-state index contributed by atoms with van der Waals surface area (Å²) in [4.78, 5) is 27.8. The number of thioether (sulfide) groups is 1. The van der Waals surface area contributed by atoms with Crippen LogP contribution in [0.5, 0.6) is 5.75 Å². The minimum absolute atomic E-state index is 0.00555. The molecule has 0 aliphatic heterocycles. The van der Waals surface area contributed by atoms with E-state index in [1.54, 1.807) is 23.8 Å². The zero-order valence-corrected chi connectivity index (χ0v) is 20.5. The van der Waals surface area contributed by atoms with Crippen molar-refractivity contribution in [1.82, 2.24) is 10.2 Å². The molecule has 0 fully saturated rings. The smallest absolute Gasteiger partial charge is 0.242 e. The summed E-state index contributed by atoms with van der Waals surface area (Å²) < 4.78 is 5.20. The van der Waals surface area contributed by atoms with Gasteiger partial charge in [0, 0.05) is 18.8 Å². The molecule has 0 saturated heterocycles. The number of carbonyl (C=O) groups excluding carboxylic acids is 2. The van der Waals surface area contributed by atoms with Crippen LogP contribution in [0.3, 0.4) is 0 Å². The van der Waals surface area contributed by atoms with Gasteiger partial charge in [0.2, 0.25) is 11.8 Å². The summed E-state index contributed by atoms with van der Waals surface area (Å²) in [5.74, 6) is 2.20. The van der Waals surface area contributed by atoms with Gasteiger partial charge in [-0.1, -0.05) is 63.2 Å². The number of hydrogen-bond donors (Lipinski definition) is 1. The van der Waals surface area contributed by atoms with E-state index >= 15 is 0 Å². The zero-order chi connectivity index (χ0) is 23.3. The molecule has 2 amide bonds. The topological polar surface area (TPSA) is 58.6 Å². The average Bonchev–Trinajstić information content (AvgIpc) is 2.81. The number of ether oxygens (including phenoxy) is 1. The number of amides is 2. The fraction of sp³-hybridized carbons (Fsp3) is 0.462. The molecule has 2 rings (SSSR count). The first kappa shape index (κ1) is 25.8. The van der Waals surface area contributed by atoms with Gasteiger partial charge >= 0.3 is 0 Å². The fourth-order valence-corrected chi connectivity index (χ4v) is 4.25. The van der Waals surface area contributed by atoms with Crippen molar-refractivity contribution in [2.24, 2.45) is 5.92 Å². The van der Waals surface area contributed by atoms with Crippen LogP contribution in [0.15, 0.2) is 54.6 Å². The van der Waals surface area contributed by atoms with E-state index in [2.05, 4.69) is 31.3 Å². The van der Waals surface area contributed by atoms with Crippen molar-refractivity contribution in [2.45, 2.75) is 45.4 Å². The molecular weight excluding hydrogens is 420 g/mol. The van der Waals surface area contributed by atoms with Crippen molar-refractivity contribution in [2.75, 3.05) is 26.0 Å². The van der Waals surface area contributed by atoms with Gasteiger partial charge in [-0.05, 0) is 42.0 Å². The number of hydrogen-bond acceptors (Lipinski definition) is 4. The SMILES string of the molecule is CC[C@@H](C(=O)NCC(C)C)N(CCc1ccccc1)C(=O)CSCc1ccc(OC)cc1. The monoisotopic (exact) mass is 456 g/mol. The van der Waals surface area contributed by atoms with Gasteiger partial charge in [0.25, 0.3) is 0 Å². The highest BCUT2D eigenvalue weighted by Gasteiger charge is 2.28. The first-order valence-corrected chi connectivity index (χ1v) is 12.4. The van der Waals surface area contributed by atoms with E-state index in [1.807, 2.05) is 49.4 Å². The van der Waals surface area contributed by atoms with Crippen LogP contribution in [-0.2, 0) is 21.8 Å². The average molecular weight is 457 g/mol. The third kappa shape index (κ3) is 8.58. The molecule has 0 radical (unpaired) electrons. The summed E-state index contributed by atoms with van der Waals surface area (Å²) >= 11 is 1.57. The molecule has 1 N–H and O–H groups in total. The normalized spacial score (nSPS) is 11.8. The highest BCUT2D eigenvalue weighted by Crippen LogP contribution is 2.18. The lowest BCUT2D eigenvalue weighted by molar-refractivity contribution is -0.138. The summed E-state index contributed by atoms with van der Waals surface area (Å²) in [6, 6.07) is 17.5. The molecule has 0 unspecified atom stereocenters. The second-order valence-electron chi connectivity index (χ2n) is 8.23. The molecule has 174 valence electrons. The Kier molecular flexibility index (Phi) is 11.2. The van der Waals surface area contributed by atoms with Crippen molar-refractivity contribution in [3.05, 3.63) is 65.7 Å². The first-order valence-electron chi connectivity index (χ1n) is 11.3. The molecule has 0 saturated carbocycles. The summed E-state index contributed by atoms with van der Waals surface area (Å²) in [6.45, 7) is 7.24. The van der Waals surface area contributed by atoms with E-state index < -0.39 is 6.04 Å². The van der Waals surface area contributed by atoms with Crippen molar-refractivity contribution in [1.29, 1.82) is 0 Å². The highest BCUT2D eigenvalue weighted by molar-refractivity contribution is 7.99. The van der Waals surface area contributed by atoms with Gasteiger partial charge < -0.3 is 15.0 Å². The third-order valence-corrected chi connectivity index (χ3v) is 6.20. The maximum Gasteiger partial charge on any atom is 0.242 e. The molecule has 0 aromatic heterocycles. The van der Waals surface area contributed by atoms with Gasteiger partial charge in [-0.3, -0.25) is 9.59 Å². The Bertz CT molecular complexity index is 825. The lowest BCUT2D eigenvalue weighted by atomic mass is 10.1. The van der Waals surface area contributed by atoms with Crippen LogP contribution in [-0.4, -0.2) is 48.7 Å². The number of rotatable bonds is 13. The second kappa shape index (κ2) is 13.8. The van der Waals surface area contributed by atoms with Gasteiger partial charge in [-0.2, -0.15) is 0 Å². The molecular formula is C26H36N2O3S. The highest BCUT2D eigenvalue weighted by atomic mass is 32.2. The molecule has 5 nitrogen and oxygen atoms in total. The quantitative estimate of drug-likeness (QED) is 0.480. The van der Waals surface area contributed by atoms with Gasteiger partial charge in [0.15, 0.2) is 0 Å². The molecule has 6 heteroatoms. The van der Waals surface area contributed by atoms with E-state index in [-0.39, 0.29) is 11.8 Å². The number of benzene rings is 2. The Labute approximate surface area is 196 Å². The van der Waals surface area contributed by atoms with Crippen LogP contribution in [0, 0.1) is 5.92 Å². The molecule has 2 aromatic rings. The Morgan fingerprint density at radius 1 is 1.03 bits per heavy atom. The van der Waals surface area contributed by atoms with Crippen LogP contribution in [0.4, 0.5) is 0 Å². The summed E-state index contributed by atoms with van der Waals surface area (Å²) in [6.07, 6.45) is 1.32. The predicted molar refractivity (Wildman–Crippen MR) is 133 cm³/mol. The summed E-state index contributed by atoms with van der Waals surface area (Å²) in [7, 11) is 1.65. The Morgan fingerprint density at radius 2 is 1.72 bits per heavy atom. The molecule has 0 spiro atoms. The second-order valence-corrected chi connectivity index (χ2v) is 9.21. The standard InChI is InChI=1S/C26H36N2O3S/c1-5-24(26(30)27-17-20(2)3)28(16-15-21-9-7-6-8-10-21)25(29)19-32-18-22-11-13-23(31-4)14-12-22/h6-14,20,24H,5,15-19H2,1-4H3,(H,27,30)/t24-/m0/s1. The number of nitrogens with zero attached hydrogens (tertiary/aromatic N) is 1. The maximum atomic E-state index is 13.2. The van der Waals surface area contributed by atoms with Gasteiger partial charge in [0.05, 0.1) is 12.9 Å². The van der Waals surface area contributed by atoms with Gasteiger partial charge in [0.1, 0.15) is 11.8 Å². The molecule has 0 aliphatic carbocycles. The van der Waals surface area contributed by atoms with Crippen LogP contribution in [0.1, 0.15) is 38.3 Å². The Hall–Kier alpha value is -2.47. The lowest BCUT2D eigenvalue weighted by Gasteiger charge is -2.31. The zero-order valence-electron chi connectivity index (χ0n) is 19.7. The van der Waals surface area contributed by atoms with E-state index in [1.165, 1.54) is 0 Å². The van der Waals surface area contributed by atoms with E-state index in [0.717, 1.165) is 29.1 Å².